The van der Waals surface area contributed by atoms with E-state index in [-0.39, 0.29) is 29.4 Å². The summed E-state index contributed by atoms with van der Waals surface area (Å²) < 4.78 is 10.8. The Hall–Kier alpha value is -1.65. The molecule has 0 radical (unpaired) electrons. The minimum atomic E-state index is -0.0482. The maximum Gasteiger partial charge on any atom is 0.228 e. The third-order valence-corrected chi connectivity index (χ3v) is 3.12. The molecule has 24 heavy (non-hydrogen) atoms. The number of hydrogen-bond acceptors (Lipinski definition) is 6. The van der Waals surface area contributed by atoms with Crippen LogP contribution in [-0.2, 0) is 18.4 Å². The summed E-state index contributed by atoms with van der Waals surface area (Å²) in [6.45, 7) is 9.16. The van der Waals surface area contributed by atoms with E-state index < -0.39 is 0 Å². The Morgan fingerprint density at radius 3 is 2.54 bits per heavy atom. The predicted molar refractivity (Wildman–Crippen MR) is 102 cm³/mol. The van der Waals surface area contributed by atoms with Crippen LogP contribution in [0, 0.1) is 6.92 Å². The van der Waals surface area contributed by atoms with Gasteiger partial charge >= 0.3 is 0 Å². The Morgan fingerprint density at radius 1 is 1.25 bits per heavy atom. The summed E-state index contributed by atoms with van der Waals surface area (Å²) in [5.41, 5.74) is -0.0482. The Morgan fingerprint density at radius 2 is 2.00 bits per heavy atom. The lowest BCUT2D eigenvalue weighted by molar-refractivity contribution is 0.374. The van der Waals surface area contributed by atoms with Gasteiger partial charge in [0.05, 0.1) is 12.7 Å². The van der Waals surface area contributed by atoms with Gasteiger partial charge in [-0.05, 0) is 6.92 Å². The zero-order valence-corrected chi connectivity index (χ0v) is 17.0. The molecule has 0 atom stereocenters. The largest absolute Gasteiger partial charge is 0.443 e. The van der Waals surface area contributed by atoms with Crippen molar-refractivity contribution >= 4 is 29.9 Å². The van der Waals surface area contributed by atoms with Crippen LogP contribution in [0.5, 0.6) is 0 Å². The SMILES string of the molecule is CN=C(NCCc1nc(C)no1)NCc1ncc(C(C)(C)C)o1.I. The first-order chi connectivity index (χ1) is 10.9. The maximum absolute atomic E-state index is 5.73. The average molecular weight is 448 g/mol. The maximum atomic E-state index is 5.73. The molecule has 0 aliphatic heterocycles. The number of guanidine groups is 1. The van der Waals surface area contributed by atoms with Crippen molar-refractivity contribution in [2.24, 2.45) is 4.99 Å². The first kappa shape index (κ1) is 20.4. The van der Waals surface area contributed by atoms with Gasteiger partial charge in [-0.1, -0.05) is 25.9 Å². The zero-order chi connectivity index (χ0) is 16.9. The van der Waals surface area contributed by atoms with E-state index in [1.54, 1.807) is 20.2 Å². The molecule has 0 aliphatic rings. The zero-order valence-electron chi connectivity index (χ0n) is 14.7. The number of rotatable bonds is 5. The fourth-order valence-corrected chi connectivity index (χ4v) is 1.85. The van der Waals surface area contributed by atoms with Gasteiger partial charge in [0.15, 0.2) is 11.8 Å². The van der Waals surface area contributed by atoms with Crippen molar-refractivity contribution in [2.45, 2.75) is 46.1 Å². The molecule has 0 saturated heterocycles. The van der Waals surface area contributed by atoms with Crippen LogP contribution >= 0.6 is 24.0 Å². The van der Waals surface area contributed by atoms with Gasteiger partial charge in [-0.2, -0.15) is 4.98 Å². The van der Waals surface area contributed by atoms with Crippen molar-refractivity contribution in [1.82, 2.24) is 25.8 Å². The van der Waals surface area contributed by atoms with E-state index in [1.165, 1.54) is 0 Å². The van der Waals surface area contributed by atoms with Gasteiger partial charge in [-0.25, -0.2) is 4.98 Å². The highest BCUT2D eigenvalue weighted by atomic mass is 127. The number of nitrogens with one attached hydrogen (secondary N) is 2. The van der Waals surface area contributed by atoms with Gasteiger partial charge in [0.2, 0.25) is 11.8 Å². The number of aliphatic imine (C=N–C) groups is 1. The van der Waals surface area contributed by atoms with E-state index in [0.29, 0.717) is 43.1 Å². The standard InChI is InChI=1S/C15H24N6O2.HI/c1-10-20-12(23-21-10)6-7-17-14(16-5)19-9-13-18-8-11(22-13)15(2,3)4;/h8H,6-7,9H2,1-5H3,(H2,16,17,19);1H. The monoisotopic (exact) mass is 448 g/mol. The first-order valence-electron chi connectivity index (χ1n) is 7.57. The van der Waals surface area contributed by atoms with Crippen LogP contribution in [0.15, 0.2) is 20.1 Å². The highest BCUT2D eigenvalue weighted by Crippen LogP contribution is 2.22. The Balaban J connectivity index is 0.00000288. The Labute approximate surface area is 158 Å². The van der Waals surface area contributed by atoms with Crippen molar-refractivity contribution in [3.05, 3.63) is 29.6 Å². The van der Waals surface area contributed by atoms with Crippen LogP contribution in [-0.4, -0.2) is 34.7 Å². The van der Waals surface area contributed by atoms with E-state index in [0.717, 1.165) is 5.76 Å². The fraction of sp³-hybridized carbons (Fsp3) is 0.600. The van der Waals surface area contributed by atoms with E-state index in [1.807, 2.05) is 0 Å². The topological polar surface area (TPSA) is 101 Å². The fourth-order valence-electron chi connectivity index (χ4n) is 1.85. The normalized spacial score (nSPS) is 12.0. The molecular weight excluding hydrogens is 423 g/mol. The second-order valence-electron chi connectivity index (χ2n) is 6.21. The predicted octanol–water partition coefficient (Wildman–Crippen LogP) is 2.19. The van der Waals surface area contributed by atoms with Crippen molar-refractivity contribution < 1.29 is 8.94 Å². The molecule has 2 rings (SSSR count). The third kappa shape index (κ3) is 6.10. The quantitative estimate of drug-likeness (QED) is 0.411. The highest BCUT2D eigenvalue weighted by molar-refractivity contribution is 14.0. The summed E-state index contributed by atoms with van der Waals surface area (Å²) in [6.07, 6.45) is 2.40. The summed E-state index contributed by atoms with van der Waals surface area (Å²) >= 11 is 0. The van der Waals surface area contributed by atoms with Crippen molar-refractivity contribution in [2.75, 3.05) is 13.6 Å². The van der Waals surface area contributed by atoms with Crippen LogP contribution in [0.25, 0.3) is 0 Å². The number of aryl methyl sites for hydroxylation is 1. The molecule has 0 fully saturated rings. The van der Waals surface area contributed by atoms with Crippen LogP contribution in [0.4, 0.5) is 0 Å². The van der Waals surface area contributed by atoms with E-state index >= 15 is 0 Å². The van der Waals surface area contributed by atoms with Crippen molar-refractivity contribution in [3.63, 3.8) is 0 Å². The molecule has 0 spiro atoms. The third-order valence-electron chi connectivity index (χ3n) is 3.12. The second-order valence-corrected chi connectivity index (χ2v) is 6.21. The molecule has 0 saturated carbocycles. The van der Waals surface area contributed by atoms with Gasteiger partial charge in [0.1, 0.15) is 5.76 Å². The van der Waals surface area contributed by atoms with Crippen molar-refractivity contribution in [1.29, 1.82) is 0 Å². The molecule has 9 heteroatoms. The van der Waals surface area contributed by atoms with Gasteiger partial charge in [0.25, 0.3) is 0 Å². The molecule has 8 nitrogen and oxygen atoms in total. The molecule has 2 N–H and O–H groups in total. The summed E-state index contributed by atoms with van der Waals surface area (Å²) in [4.78, 5) is 12.6. The highest BCUT2D eigenvalue weighted by Gasteiger charge is 2.19. The van der Waals surface area contributed by atoms with E-state index in [4.69, 9.17) is 8.94 Å². The van der Waals surface area contributed by atoms with Crippen LogP contribution in [0.1, 0.15) is 44.1 Å². The number of nitrogens with zero attached hydrogens (tertiary/aromatic N) is 4. The lowest BCUT2D eigenvalue weighted by Gasteiger charge is -2.13. The number of hydrogen-bond donors (Lipinski definition) is 2. The molecule has 0 bridgehead atoms. The molecular formula is C15H25IN6O2. The molecule has 2 aromatic heterocycles. The van der Waals surface area contributed by atoms with Gasteiger partial charge in [0, 0.05) is 25.4 Å². The molecule has 134 valence electrons. The smallest absolute Gasteiger partial charge is 0.228 e. The van der Waals surface area contributed by atoms with E-state index in [9.17, 15) is 0 Å². The van der Waals surface area contributed by atoms with Gasteiger partial charge in [-0.3, -0.25) is 4.99 Å². The minimum Gasteiger partial charge on any atom is -0.443 e. The van der Waals surface area contributed by atoms with Crippen molar-refractivity contribution in [3.8, 4) is 0 Å². The van der Waals surface area contributed by atoms with E-state index in [2.05, 4.69) is 51.5 Å². The molecule has 2 aromatic rings. The minimum absolute atomic E-state index is 0. The molecule has 0 aliphatic carbocycles. The molecule has 2 heterocycles. The molecule has 0 aromatic carbocycles. The van der Waals surface area contributed by atoms with Gasteiger partial charge < -0.3 is 19.6 Å². The molecule has 0 amide bonds. The number of aromatic nitrogens is 3. The number of oxazole rings is 1. The van der Waals surface area contributed by atoms with Crippen LogP contribution in [0.3, 0.4) is 0 Å². The average Bonchev–Trinajstić information content (AvgIpc) is 3.11. The Kier molecular flexibility index (Phi) is 7.64. The second kappa shape index (κ2) is 9.00. The van der Waals surface area contributed by atoms with Gasteiger partial charge in [-0.15, -0.1) is 24.0 Å². The number of halogens is 1. The lowest BCUT2D eigenvalue weighted by Crippen LogP contribution is -2.37. The molecule has 0 unspecified atom stereocenters. The summed E-state index contributed by atoms with van der Waals surface area (Å²) in [7, 11) is 1.71. The van der Waals surface area contributed by atoms with Crippen LogP contribution < -0.4 is 10.6 Å². The Bertz CT molecular complexity index is 659. The van der Waals surface area contributed by atoms with Crippen LogP contribution in [0.2, 0.25) is 0 Å². The first-order valence-corrected chi connectivity index (χ1v) is 7.57. The summed E-state index contributed by atoms with van der Waals surface area (Å²) in [5, 5.41) is 10.1. The summed E-state index contributed by atoms with van der Waals surface area (Å²) in [6, 6.07) is 0. The summed E-state index contributed by atoms with van der Waals surface area (Å²) in [5.74, 6) is 3.40. The lowest BCUT2D eigenvalue weighted by atomic mass is 9.94.